The fraction of sp³-hybridized carbons (Fsp3) is 0.176. The van der Waals surface area contributed by atoms with Crippen LogP contribution in [0.2, 0.25) is 0 Å². The molecule has 0 radical (unpaired) electrons. The first-order valence-electron chi connectivity index (χ1n) is 6.91. The van der Waals surface area contributed by atoms with Crippen molar-refractivity contribution < 1.29 is 14.7 Å². The summed E-state index contributed by atoms with van der Waals surface area (Å²) < 4.78 is 0. The number of aromatic amines is 1. The van der Waals surface area contributed by atoms with Crippen molar-refractivity contribution in [3.05, 3.63) is 64.5 Å². The first kappa shape index (κ1) is 15.6. The van der Waals surface area contributed by atoms with Crippen molar-refractivity contribution in [1.29, 1.82) is 0 Å². The average molecular weight is 298 g/mol. The number of rotatable bonds is 5. The van der Waals surface area contributed by atoms with Crippen LogP contribution in [-0.2, 0) is 11.3 Å². The minimum Gasteiger partial charge on any atom is -0.477 e. The zero-order valence-corrected chi connectivity index (χ0v) is 12.5. The Kier molecular flexibility index (Phi) is 4.78. The molecule has 0 aliphatic rings. The van der Waals surface area contributed by atoms with Gasteiger partial charge >= 0.3 is 5.97 Å². The van der Waals surface area contributed by atoms with Gasteiger partial charge in [0.15, 0.2) is 0 Å². The molecule has 1 amide bonds. The third-order valence-corrected chi connectivity index (χ3v) is 3.47. The fourth-order valence-corrected chi connectivity index (χ4v) is 2.12. The Labute approximate surface area is 128 Å². The number of amides is 1. The number of nitrogens with one attached hydrogen (secondary N) is 2. The highest BCUT2D eigenvalue weighted by atomic mass is 16.4. The standard InChI is InChI=1S/C17H18N2O3/c1-11-12(2)19-16(17(21)22)14(11)8-9-15(20)18-10-13-6-4-3-5-7-13/h3-9,19H,10H2,1-2H3,(H,18,20)(H,21,22)/b9-8+. The molecule has 2 rings (SSSR count). The zero-order valence-electron chi connectivity index (χ0n) is 12.5. The van der Waals surface area contributed by atoms with Crippen LogP contribution in [0.4, 0.5) is 0 Å². The molecule has 114 valence electrons. The van der Waals surface area contributed by atoms with E-state index in [0.29, 0.717) is 12.1 Å². The van der Waals surface area contributed by atoms with E-state index in [9.17, 15) is 9.59 Å². The number of hydrogen-bond acceptors (Lipinski definition) is 2. The van der Waals surface area contributed by atoms with Gasteiger partial charge in [-0.3, -0.25) is 4.79 Å². The predicted octanol–water partition coefficient (Wildman–Crippen LogP) is 2.66. The molecule has 0 saturated heterocycles. The number of carboxylic acid groups (broad SMARTS) is 1. The van der Waals surface area contributed by atoms with Crippen LogP contribution in [0.15, 0.2) is 36.4 Å². The third-order valence-electron chi connectivity index (χ3n) is 3.47. The van der Waals surface area contributed by atoms with Gasteiger partial charge in [-0.05, 0) is 31.1 Å². The van der Waals surface area contributed by atoms with Crippen molar-refractivity contribution in [2.75, 3.05) is 0 Å². The van der Waals surface area contributed by atoms with Gasteiger partial charge in [0.2, 0.25) is 5.91 Å². The lowest BCUT2D eigenvalue weighted by molar-refractivity contribution is -0.116. The number of aromatic carboxylic acids is 1. The average Bonchev–Trinajstić information content (AvgIpc) is 2.80. The number of carbonyl (C=O) groups excluding carboxylic acids is 1. The Morgan fingerprint density at radius 2 is 1.91 bits per heavy atom. The highest BCUT2D eigenvalue weighted by Crippen LogP contribution is 2.19. The summed E-state index contributed by atoms with van der Waals surface area (Å²) in [5.74, 6) is -1.31. The molecule has 5 heteroatoms. The Bertz CT molecular complexity index is 715. The molecule has 22 heavy (non-hydrogen) atoms. The molecular weight excluding hydrogens is 280 g/mol. The highest BCUT2D eigenvalue weighted by molar-refractivity contribution is 5.96. The minimum atomic E-state index is -1.04. The summed E-state index contributed by atoms with van der Waals surface area (Å²) in [4.78, 5) is 25.8. The van der Waals surface area contributed by atoms with Crippen LogP contribution in [0.3, 0.4) is 0 Å². The van der Waals surface area contributed by atoms with Crippen molar-refractivity contribution in [2.45, 2.75) is 20.4 Å². The normalized spacial score (nSPS) is 10.8. The van der Waals surface area contributed by atoms with E-state index in [4.69, 9.17) is 5.11 Å². The van der Waals surface area contributed by atoms with Crippen molar-refractivity contribution in [2.24, 2.45) is 0 Å². The number of carbonyl (C=O) groups is 2. The molecule has 1 aromatic heterocycles. The first-order chi connectivity index (χ1) is 10.5. The topological polar surface area (TPSA) is 82.2 Å². The smallest absolute Gasteiger partial charge is 0.352 e. The number of H-pyrrole nitrogens is 1. The van der Waals surface area contributed by atoms with E-state index >= 15 is 0 Å². The Morgan fingerprint density at radius 3 is 2.55 bits per heavy atom. The van der Waals surface area contributed by atoms with Gasteiger partial charge in [0.25, 0.3) is 0 Å². The summed E-state index contributed by atoms with van der Waals surface area (Å²) in [6.45, 7) is 4.05. The number of aromatic nitrogens is 1. The van der Waals surface area contributed by atoms with E-state index < -0.39 is 5.97 Å². The highest BCUT2D eigenvalue weighted by Gasteiger charge is 2.15. The molecule has 0 saturated carbocycles. The molecule has 0 spiro atoms. The van der Waals surface area contributed by atoms with E-state index in [-0.39, 0.29) is 11.6 Å². The Balaban J connectivity index is 2.05. The van der Waals surface area contributed by atoms with Crippen molar-refractivity contribution in [1.82, 2.24) is 10.3 Å². The number of hydrogen-bond donors (Lipinski definition) is 3. The summed E-state index contributed by atoms with van der Waals surface area (Å²) in [6, 6.07) is 9.57. The number of aryl methyl sites for hydroxylation is 1. The fourth-order valence-electron chi connectivity index (χ4n) is 2.12. The Hall–Kier alpha value is -2.82. The maximum absolute atomic E-state index is 11.8. The van der Waals surface area contributed by atoms with Gasteiger partial charge < -0.3 is 15.4 Å². The van der Waals surface area contributed by atoms with Crippen molar-refractivity contribution in [3.8, 4) is 0 Å². The summed E-state index contributed by atoms with van der Waals surface area (Å²) in [5, 5.41) is 11.9. The molecule has 1 aromatic carbocycles. The minimum absolute atomic E-state index is 0.0992. The maximum Gasteiger partial charge on any atom is 0.352 e. The molecule has 0 fully saturated rings. The van der Waals surface area contributed by atoms with Gasteiger partial charge in [-0.15, -0.1) is 0 Å². The number of benzene rings is 1. The van der Waals surface area contributed by atoms with Crippen LogP contribution in [-0.4, -0.2) is 22.0 Å². The molecule has 0 atom stereocenters. The predicted molar refractivity (Wildman–Crippen MR) is 84.5 cm³/mol. The lowest BCUT2D eigenvalue weighted by Crippen LogP contribution is -2.20. The largest absolute Gasteiger partial charge is 0.477 e. The van der Waals surface area contributed by atoms with Crippen LogP contribution < -0.4 is 5.32 Å². The molecular formula is C17H18N2O3. The van der Waals surface area contributed by atoms with Gasteiger partial charge in [-0.1, -0.05) is 30.3 Å². The van der Waals surface area contributed by atoms with Crippen LogP contribution in [0.5, 0.6) is 0 Å². The van der Waals surface area contributed by atoms with Crippen molar-refractivity contribution in [3.63, 3.8) is 0 Å². The Morgan fingerprint density at radius 1 is 1.23 bits per heavy atom. The molecule has 3 N–H and O–H groups in total. The first-order valence-corrected chi connectivity index (χ1v) is 6.91. The molecule has 0 unspecified atom stereocenters. The molecule has 1 heterocycles. The van der Waals surface area contributed by atoms with Crippen LogP contribution in [0, 0.1) is 13.8 Å². The lowest BCUT2D eigenvalue weighted by Gasteiger charge is -2.02. The molecule has 0 aliphatic heterocycles. The molecule has 0 aliphatic carbocycles. The molecule has 0 bridgehead atoms. The number of carboxylic acids is 1. The van der Waals surface area contributed by atoms with E-state index in [2.05, 4.69) is 10.3 Å². The summed E-state index contributed by atoms with van der Waals surface area (Å²) >= 11 is 0. The van der Waals surface area contributed by atoms with Crippen LogP contribution in [0.25, 0.3) is 6.08 Å². The second-order valence-electron chi connectivity index (χ2n) is 5.01. The summed E-state index contributed by atoms with van der Waals surface area (Å²) in [7, 11) is 0. The van der Waals surface area contributed by atoms with Gasteiger partial charge in [0.1, 0.15) is 5.69 Å². The van der Waals surface area contributed by atoms with Gasteiger partial charge in [-0.25, -0.2) is 4.79 Å². The van der Waals surface area contributed by atoms with E-state index in [0.717, 1.165) is 16.8 Å². The third kappa shape index (κ3) is 3.63. The zero-order chi connectivity index (χ0) is 16.1. The summed E-state index contributed by atoms with van der Waals surface area (Å²) in [5.41, 5.74) is 3.23. The SMILES string of the molecule is Cc1[nH]c(C(=O)O)c(/C=C/C(=O)NCc2ccccc2)c1C. The molecule has 5 nitrogen and oxygen atoms in total. The van der Waals surface area contributed by atoms with E-state index in [1.54, 1.807) is 6.92 Å². The van der Waals surface area contributed by atoms with Crippen LogP contribution >= 0.6 is 0 Å². The van der Waals surface area contributed by atoms with Gasteiger partial charge in [0.05, 0.1) is 0 Å². The van der Waals surface area contributed by atoms with Gasteiger partial charge in [-0.2, -0.15) is 0 Å². The van der Waals surface area contributed by atoms with Crippen molar-refractivity contribution >= 4 is 18.0 Å². The monoisotopic (exact) mass is 298 g/mol. The van der Waals surface area contributed by atoms with E-state index in [1.807, 2.05) is 37.3 Å². The van der Waals surface area contributed by atoms with E-state index in [1.165, 1.54) is 12.2 Å². The van der Waals surface area contributed by atoms with Crippen LogP contribution in [0.1, 0.15) is 32.9 Å². The molecule has 2 aromatic rings. The second-order valence-corrected chi connectivity index (χ2v) is 5.01. The summed E-state index contributed by atoms with van der Waals surface area (Å²) in [6.07, 6.45) is 2.88. The second kappa shape index (κ2) is 6.76. The van der Waals surface area contributed by atoms with Gasteiger partial charge in [0, 0.05) is 23.9 Å². The lowest BCUT2D eigenvalue weighted by atomic mass is 10.1. The quantitative estimate of drug-likeness (QED) is 0.742. The maximum atomic E-state index is 11.8.